The first-order valence-corrected chi connectivity index (χ1v) is 10.2. The van der Waals surface area contributed by atoms with Crippen LogP contribution in [0, 0.1) is 0 Å². The SMILES string of the molecule is O=C1/C(=C/C=C/c2ccccc2)NC(=S)N1CCNc1ccnc2cc(Cl)ccc12. The summed E-state index contributed by atoms with van der Waals surface area (Å²) in [4.78, 5) is 18.6. The third-order valence-corrected chi connectivity index (χ3v) is 5.23. The molecule has 1 fully saturated rings. The van der Waals surface area contributed by atoms with E-state index < -0.39 is 0 Å². The lowest BCUT2D eigenvalue weighted by molar-refractivity contribution is -0.122. The fourth-order valence-electron chi connectivity index (χ4n) is 3.19. The van der Waals surface area contributed by atoms with Crippen LogP contribution in [0.5, 0.6) is 0 Å². The number of anilines is 1. The molecule has 1 aliphatic rings. The monoisotopic (exact) mass is 434 g/mol. The van der Waals surface area contributed by atoms with E-state index in [0.717, 1.165) is 22.2 Å². The molecule has 7 heteroatoms. The number of thiocarbonyl (C=S) groups is 1. The van der Waals surface area contributed by atoms with Crippen molar-refractivity contribution < 1.29 is 4.79 Å². The number of carbonyl (C=O) groups excluding carboxylic acids is 1. The zero-order valence-corrected chi connectivity index (χ0v) is 17.6. The van der Waals surface area contributed by atoms with Gasteiger partial charge in [0.1, 0.15) is 5.70 Å². The predicted octanol–water partition coefficient (Wildman–Crippen LogP) is 4.61. The maximum atomic E-state index is 12.7. The molecule has 5 nitrogen and oxygen atoms in total. The van der Waals surface area contributed by atoms with Gasteiger partial charge >= 0.3 is 0 Å². The summed E-state index contributed by atoms with van der Waals surface area (Å²) in [5, 5.41) is 8.38. The second-order valence-corrected chi connectivity index (χ2v) is 7.51. The van der Waals surface area contributed by atoms with Crippen molar-refractivity contribution in [3.8, 4) is 0 Å². The van der Waals surface area contributed by atoms with Crippen molar-refractivity contribution in [2.24, 2.45) is 0 Å². The summed E-state index contributed by atoms with van der Waals surface area (Å²) >= 11 is 11.4. The molecule has 0 aliphatic carbocycles. The van der Waals surface area contributed by atoms with Gasteiger partial charge in [-0.05, 0) is 48.1 Å². The second kappa shape index (κ2) is 9.07. The van der Waals surface area contributed by atoms with Crippen LogP contribution in [0.2, 0.25) is 5.02 Å². The van der Waals surface area contributed by atoms with Crippen LogP contribution >= 0.6 is 23.8 Å². The van der Waals surface area contributed by atoms with E-state index in [4.69, 9.17) is 23.8 Å². The van der Waals surface area contributed by atoms with Crippen LogP contribution in [-0.2, 0) is 4.79 Å². The number of carbonyl (C=O) groups is 1. The number of aromatic nitrogens is 1. The molecular weight excluding hydrogens is 416 g/mol. The molecule has 30 heavy (non-hydrogen) atoms. The minimum absolute atomic E-state index is 0.133. The molecule has 1 aliphatic heterocycles. The Morgan fingerprint density at radius 2 is 2.00 bits per heavy atom. The van der Waals surface area contributed by atoms with E-state index in [1.165, 1.54) is 0 Å². The standard InChI is InChI=1S/C23H19ClN4OS/c24-17-9-10-18-19(11-12-25-21(18)15-17)26-13-14-28-22(29)20(27-23(28)30)8-4-7-16-5-2-1-3-6-16/h1-12,15H,13-14H2,(H,25,26)(H,27,30)/b7-4+,20-8-. The number of pyridine rings is 1. The van der Waals surface area contributed by atoms with Gasteiger partial charge in [-0.25, -0.2) is 0 Å². The predicted molar refractivity (Wildman–Crippen MR) is 126 cm³/mol. The van der Waals surface area contributed by atoms with E-state index in [9.17, 15) is 4.79 Å². The average molecular weight is 435 g/mol. The van der Waals surface area contributed by atoms with Crippen LogP contribution in [-0.4, -0.2) is 34.0 Å². The summed E-state index contributed by atoms with van der Waals surface area (Å²) < 4.78 is 0. The van der Waals surface area contributed by atoms with Crippen molar-refractivity contribution in [3.63, 3.8) is 0 Å². The lowest BCUT2D eigenvalue weighted by Crippen LogP contribution is -2.34. The number of halogens is 1. The molecule has 2 aromatic carbocycles. The van der Waals surface area contributed by atoms with Gasteiger partial charge in [-0.3, -0.25) is 14.7 Å². The minimum Gasteiger partial charge on any atom is -0.383 e. The van der Waals surface area contributed by atoms with Crippen LogP contribution in [0.25, 0.3) is 17.0 Å². The molecule has 2 N–H and O–H groups in total. The van der Waals surface area contributed by atoms with Gasteiger partial charge in [-0.15, -0.1) is 0 Å². The smallest absolute Gasteiger partial charge is 0.276 e. The molecule has 3 aromatic rings. The molecular formula is C23H19ClN4OS. The van der Waals surface area contributed by atoms with E-state index >= 15 is 0 Å². The van der Waals surface area contributed by atoms with Crippen molar-refractivity contribution in [1.82, 2.24) is 15.2 Å². The first-order chi connectivity index (χ1) is 14.6. The summed E-state index contributed by atoms with van der Waals surface area (Å²) in [7, 11) is 0. The fourth-order valence-corrected chi connectivity index (χ4v) is 3.64. The fraction of sp³-hybridized carbons (Fsp3) is 0.0870. The minimum atomic E-state index is -0.133. The third-order valence-electron chi connectivity index (χ3n) is 4.67. The molecule has 0 spiro atoms. The van der Waals surface area contributed by atoms with E-state index in [2.05, 4.69) is 15.6 Å². The average Bonchev–Trinajstić information content (AvgIpc) is 3.02. The first kappa shape index (κ1) is 20.1. The van der Waals surface area contributed by atoms with Crippen LogP contribution < -0.4 is 10.6 Å². The first-order valence-electron chi connectivity index (χ1n) is 9.46. The molecule has 0 bridgehead atoms. The zero-order chi connectivity index (χ0) is 20.9. The van der Waals surface area contributed by atoms with Crippen molar-refractivity contribution in [2.75, 3.05) is 18.4 Å². The Kier molecular flexibility index (Phi) is 6.07. The number of nitrogens with zero attached hydrogens (tertiary/aromatic N) is 2. The number of fused-ring (bicyclic) bond motifs is 1. The molecule has 1 saturated heterocycles. The number of allylic oxidation sites excluding steroid dienone is 2. The Balaban J connectivity index is 1.38. The molecule has 0 radical (unpaired) electrons. The van der Waals surface area contributed by atoms with Crippen molar-refractivity contribution in [1.29, 1.82) is 0 Å². The van der Waals surface area contributed by atoms with Crippen LogP contribution in [0.1, 0.15) is 5.56 Å². The van der Waals surface area contributed by atoms with Gasteiger partial charge in [-0.1, -0.05) is 54.1 Å². The highest BCUT2D eigenvalue weighted by Gasteiger charge is 2.29. The summed E-state index contributed by atoms with van der Waals surface area (Å²) in [6.45, 7) is 0.990. The summed E-state index contributed by atoms with van der Waals surface area (Å²) in [6.07, 6.45) is 7.26. The Morgan fingerprint density at radius 3 is 2.83 bits per heavy atom. The molecule has 150 valence electrons. The van der Waals surface area contributed by atoms with Crippen molar-refractivity contribution in [3.05, 3.63) is 89.2 Å². The number of hydrogen-bond donors (Lipinski definition) is 2. The molecule has 4 rings (SSSR count). The Hall–Kier alpha value is -3.22. The van der Waals surface area contributed by atoms with Crippen molar-refractivity contribution >= 4 is 57.5 Å². The normalized spacial score (nSPS) is 15.4. The highest BCUT2D eigenvalue weighted by molar-refractivity contribution is 7.80. The molecule has 1 aromatic heterocycles. The van der Waals surface area contributed by atoms with Gasteiger partial charge in [0, 0.05) is 35.4 Å². The number of nitrogens with one attached hydrogen (secondary N) is 2. The molecule has 1 amide bonds. The summed E-state index contributed by atoms with van der Waals surface area (Å²) in [5.74, 6) is -0.133. The zero-order valence-electron chi connectivity index (χ0n) is 16.0. The van der Waals surface area contributed by atoms with E-state index in [1.807, 2.05) is 66.7 Å². The van der Waals surface area contributed by atoms with Crippen LogP contribution in [0.4, 0.5) is 5.69 Å². The van der Waals surface area contributed by atoms with Crippen LogP contribution in [0.3, 0.4) is 0 Å². The number of benzene rings is 2. The summed E-state index contributed by atoms with van der Waals surface area (Å²) in [5.41, 5.74) is 3.28. The van der Waals surface area contributed by atoms with E-state index in [-0.39, 0.29) is 5.91 Å². The van der Waals surface area contributed by atoms with Gasteiger partial charge < -0.3 is 10.6 Å². The highest BCUT2D eigenvalue weighted by Crippen LogP contribution is 2.24. The Labute approximate surface area is 185 Å². The van der Waals surface area contributed by atoms with E-state index in [0.29, 0.717) is 28.9 Å². The number of rotatable bonds is 6. The highest BCUT2D eigenvalue weighted by atomic mass is 35.5. The van der Waals surface area contributed by atoms with Gasteiger partial charge in [0.25, 0.3) is 5.91 Å². The number of amides is 1. The quantitative estimate of drug-likeness (QED) is 0.438. The maximum Gasteiger partial charge on any atom is 0.276 e. The van der Waals surface area contributed by atoms with Crippen molar-refractivity contribution in [2.45, 2.75) is 0 Å². The Bertz CT molecular complexity index is 1160. The second-order valence-electron chi connectivity index (χ2n) is 6.68. The molecule has 0 atom stereocenters. The molecule has 0 saturated carbocycles. The summed E-state index contributed by atoms with van der Waals surface area (Å²) in [6, 6.07) is 17.4. The van der Waals surface area contributed by atoms with Gasteiger partial charge in [0.15, 0.2) is 5.11 Å². The topological polar surface area (TPSA) is 57.3 Å². The maximum absolute atomic E-state index is 12.7. The van der Waals surface area contributed by atoms with Gasteiger partial charge in [0.05, 0.1) is 5.52 Å². The molecule has 0 unspecified atom stereocenters. The lowest BCUT2D eigenvalue weighted by Gasteiger charge is -2.15. The Morgan fingerprint density at radius 1 is 1.17 bits per heavy atom. The largest absolute Gasteiger partial charge is 0.383 e. The van der Waals surface area contributed by atoms with Gasteiger partial charge in [-0.2, -0.15) is 0 Å². The lowest BCUT2D eigenvalue weighted by atomic mass is 10.2. The third kappa shape index (κ3) is 4.50. The van der Waals surface area contributed by atoms with Gasteiger partial charge in [0.2, 0.25) is 0 Å². The van der Waals surface area contributed by atoms with E-state index in [1.54, 1.807) is 17.2 Å². The van der Waals surface area contributed by atoms with Crippen LogP contribution in [0.15, 0.2) is 78.6 Å². The molecule has 2 heterocycles. The number of hydrogen-bond acceptors (Lipinski definition) is 4.